The molecule has 0 heterocycles. The molecule has 0 aliphatic heterocycles. The van der Waals surface area contributed by atoms with Crippen molar-refractivity contribution in [2.24, 2.45) is 5.41 Å². The summed E-state index contributed by atoms with van der Waals surface area (Å²) >= 11 is 1.54. The Morgan fingerprint density at radius 1 is 0.682 bits per heavy atom. The van der Waals surface area contributed by atoms with Crippen LogP contribution in [0.15, 0.2) is 29.9 Å². The van der Waals surface area contributed by atoms with E-state index in [0.717, 1.165) is 6.42 Å². The average Bonchev–Trinajstić information content (AvgIpc) is 3.47. The van der Waals surface area contributed by atoms with Gasteiger partial charge in [-0.2, -0.15) is 0 Å². The van der Waals surface area contributed by atoms with Gasteiger partial charge in [0, 0.05) is 0 Å². The zero-order valence-corrected chi connectivity index (χ0v) is 33.6. The molecule has 0 radical (unpaired) electrons. The minimum Gasteiger partial charge on any atom is -1.00 e. The van der Waals surface area contributed by atoms with Crippen LogP contribution in [-0.4, -0.2) is 0 Å². The van der Waals surface area contributed by atoms with Crippen molar-refractivity contribution >= 4 is 14.4 Å². The van der Waals surface area contributed by atoms with E-state index in [1.165, 1.54) is 72.0 Å². The van der Waals surface area contributed by atoms with Crippen LogP contribution in [0.1, 0.15) is 155 Å². The predicted molar refractivity (Wildman–Crippen MR) is 178 cm³/mol. The number of fused-ring (bicyclic) bond motifs is 4. The van der Waals surface area contributed by atoms with E-state index < -0.39 is 0 Å². The van der Waals surface area contributed by atoms with Crippen LogP contribution < -0.4 is 35.3 Å². The molecule has 4 aliphatic carbocycles. The van der Waals surface area contributed by atoms with Crippen LogP contribution in [0.2, 0.25) is 0 Å². The van der Waals surface area contributed by atoms with Crippen LogP contribution in [0.5, 0.6) is 0 Å². The molecule has 0 saturated heterocycles. The third kappa shape index (κ3) is 5.27. The van der Waals surface area contributed by atoms with E-state index in [9.17, 15) is 0 Å². The van der Waals surface area contributed by atoms with E-state index in [0.29, 0.717) is 0 Å². The molecule has 0 aromatic heterocycles. The van der Waals surface area contributed by atoms with E-state index in [-0.39, 0.29) is 51.9 Å². The summed E-state index contributed by atoms with van der Waals surface area (Å²) in [5.74, 6) is 0. The smallest absolute Gasteiger partial charge is 1.00 e. The average molecular weight is 708 g/mol. The largest absolute Gasteiger partial charge is 1.00 e. The Kier molecular flexibility index (Phi) is 9.07. The summed E-state index contributed by atoms with van der Waals surface area (Å²) in [5.41, 5.74) is 15.0. The van der Waals surface area contributed by atoms with Crippen LogP contribution >= 0.6 is 0 Å². The van der Waals surface area contributed by atoms with Crippen molar-refractivity contribution in [1.82, 2.24) is 0 Å². The van der Waals surface area contributed by atoms with Gasteiger partial charge in [0.1, 0.15) is 0 Å². The SMILES string of the molecule is CC(C)=c1c2c(c(C3=CC(C(C)(C)C)=CC3)c3c1=c1cc4c(cc1=[C]3[Zr+2])C(C)(C)CCC4(C)C)C(C)(C)CCC2(C)C.[Cl-].[Cl-]. The summed E-state index contributed by atoms with van der Waals surface area (Å²) in [6.45, 7) is 31.9. The number of benzene rings is 2. The molecule has 0 bridgehead atoms. The summed E-state index contributed by atoms with van der Waals surface area (Å²) in [5, 5.41) is 6.17. The molecule has 44 heavy (non-hydrogen) atoms. The van der Waals surface area contributed by atoms with Crippen LogP contribution in [0.3, 0.4) is 0 Å². The van der Waals surface area contributed by atoms with E-state index >= 15 is 0 Å². The van der Waals surface area contributed by atoms with Gasteiger partial charge in [0.05, 0.1) is 0 Å². The maximum Gasteiger partial charge on any atom is -1.00 e. The van der Waals surface area contributed by atoms with Crippen molar-refractivity contribution in [3.05, 3.63) is 84.1 Å². The van der Waals surface area contributed by atoms with Crippen molar-refractivity contribution < 1.29 is 49.5 Å². The molecular weight excluding hydrogens is 655 g/mol. The molecule has 0 spiro atoms. The summed E-state index contributed by atoms with van der Waals surface area (Å²) in [6.07, 6.45) is 11.1. The van der Waals surface area contributed by atoms with Crippen molar-refractivity contribution in [2.45, 2.75) is 144 Å². The van der Waals surface area contributed by atoms with Gasteiger partial charge in [0.2, 0.25) is 0 Å². The maximum atomic E-state index is 2.67. The van der Waals surface area contributed by atoms with Crippen molar-refractivity contribution in [1.29, 1.82) is 0 Å². The second-order valence-electron chi connectivity index (χ2n) is 17.9. The van der Waals surface area contributed by atoms with Gasteiger partial charge in [-0.3, -0.25) is 0 Å². The maximum absolute atomic E-state index is 2.67. The number of halogens is 2. The first-order valence-electron chi connectivity index (χ1n) is 16.4. The van der Waals surface area contributed by atoms with Gasteiger partial charge in [0.15, 0.2) is 0 Å². The van der Waals surface area contributed by atoms with Crippen molar-refractivity contribution in [3.63, 3.8) is 0 Å². The second kappa shape index (κ2) is 11.1. The van der Waals surface area contributed by atoms with Crippen LogP contribution in [0.4, 0.5) is 0 Å². The van der Waals surface area contributed by atoms with Gasteiger partial charge < -0.3 is 24.8 Å². The first-order chi connectivity index (χ1) is 19.2. The molecule has 2 aromatic rings. The Hall–Kier alpha value is -0.877. The van der Waals surface area contributed by atoms with E-state index in [2.05, 4.69) is 114 Å². The third-order valence-electron chi connectivity index (χ3n) is 11.6. The molecule has 0 saturated carbocycles. The number of allylic oxidation sites excluding steroid dienone is 4. The molecule has 0 atom stereocenters. The fraction of sp³-hybridized carbons (Fsp3) is 0.561. The van der Waals surface area contributed by atoms with Gasteiger partial charge >= 0.3 is 272 Å². The monoisotopic (exact) mass is 705 g/mol. The zero-order valence-electron chi connectivity index (χ0n) is 29.6. The van der Waals surface area contributed by atoms with Gasteiger partial charge in [-0.15, -0.1) is 0 Å². The standard InChI is InChI=1S/C41H53.2ClH.Zr/c1-24(2)32-34-28-23-31-30(38(6,7)16-17-39(31,8)9)22-26(28)21-29(34)33(25-14-15-27(20-25)37(3,4)5)36-35(32)40(10,11)18-19-41(36,12)13;;;/h15,20,22-23H,14,16-19H2,1-13H3;2*1H;/q;;;+2/p-2. The number of hydrogen-bond acceptors (Lipinski definition) is 0. The molecule has 0 unspecified atom stereocenters. The van der Waals surface area contributed by atoms with Gasteiger partial charge in [-0.25, -0.2) is 0 Å². The Morgan fingerprint density at radius 2 is 1.16 bits per heavy atom. The summed E-state index contributed by atoms with van der Waals surface area (Å²) in [7, 11) is 0. The number of hydrogen-bond donors (Lipinski definition) is 0. The Morgan fingerprint density at radius 3 is 1.64 bits per heavy atom. The Balaban J connectivity index is 0.00000221. The molecule has 0 amide bonds. The number of rotatable bonds is 1. The fourth-order valence-corrected chi connectivity index (χ4v) is 9.83. The van der Waals surface area contributed by atoms with Gasteiger partial charge in [-0.05, 0) is 0 Å². The molecule has 0 N–H and O–H groups in total. The molecule has 6 rings (SSSR count). The normalized spacial score (nSPS) is 21.6. The molecule has 0 nitrogen and oxygen atoms in total. The first-order valence-corrected chi connectivity index (χ1v) is 17.7. The minimum absolute atomic E-state index is 0. The van der Waals surface area contributed by atoms with Crippen LogP contribution in [0, 0.1) is 15.9 Å². The van der Waals surface area contributed by atoms with E-state index in [4.69, 9.17) is 0 Å². The predicted octanol–water partition coefficient (Wildman–Crippen LogP) is 3.65. The third-order valence-corrected chi connectivity index (χ3v) is 12.8. The van der Waals surface area contributed by atoms with Gasteiger partial charge in [0.25, 0.3) is 0 Å². The summed E-state index contributed by atoms with van der Waals surface area (Å²) in [4.78, 5) is 0. The van der Waals surface area contributed by atoms with Crippen molar-refractivity contribution in [3.8, 4) is 0 Å². The Bertz CT molecular complexity index is 1850. The second-order valence-corrected chi connectivity index (χ2v) is 19.1. The zero-order chi connectivity index (χ0) is 30.9. The first kappa shape index (κ1) is 36.0. The fourth-order valence-electron chi connectivity index (χ4n) is 8.70. The molecule has 2 aromatic carbocycles. The summed E-state index contributed by atoms with van der Waals surface area (Å²) in [6, 6.07) is 5.33. The summed E-state index contributed by atoms with van der Waals surface area (Å²) < 4.78 is 1.58. The van der Waals surface area contributed by atoms with Crippen LogP contribution in [-0.2, 0) is 46.4 Å². The van der Waals surface area contributed by atoms with Gasteiger partial charge in [-0.1, -0.05) is 0 Å². The van der Waals surface area contributed by atoms with Crippen LogP contribution in [0.25, 0.3) is 14.4 Å². The topological polar surface area (TPSA) is 0 Å². The molecule has 0 fully saturated rings. The Labute approximate surface area is 295 Å². The minimum atomic E-state index is 0. The van der Waals surface area contributed by atoms with E-state index in [1.54, 1.807) is 52.7 Å². The van der Waals surface area contributed by atoms with E-state index in [1.807, 2.05) is 0 Å². The van der Waals surface area contributed by atoms with Crippen molar-refractivity contribution in [2.75, 3.05) is 0 Å². The molecular formula is C41H53Cl2Zr. The molecule has 3 heteroatoms. The molecule has 4 aliphatic rings. The quantitative estimate of drug-likeness (QED) is 0.425. The molecule has 235 valence electrons.